The van der Waals surface area contributed by atoms with Gasteiger partial charge < -0.3 is 10.0 Å². The van der Waals surface area contributed by atoms with Crippen LogP contribution in [0.15, 0.2) is 23.3 Å². The molecule has 2 N–H and O–H groups in total. The van der Waals surface area contributed by atoms with Crippen LogP contribution >= 0.6 is 0 Å². The van der Waals surface area contributed by atoms with Crippen LogP contribution in [0.25, 0.3) is 0 Å². The molecular weight excluding hydrogens is 300 g/mol. The van der Waals surface area contributed by atoms with E-state index in [4.69, 9.17) is 0 Å². The summed E-state index contributed by atoms with van der Waals surface area (Å²) in [7, 11) is 0. The molecule has 0 spiro atoms. The van der Waals surface area contributed by atoms with Crippen molar-refractivity contribution in [1.82, 2.24) is 10.3 Å². The van der Waals surface area contributed by atoms with Gasteiger partial charge in [0.1, 0.15) is 0 Å². The Labute approximate surface area is 133 Å². The van der Waals surface area contributed by atoms with Crippen molar-refractivity contribution in [3.05, 3.63) is 33.9 Å². The highest BCUT2D eigenvalue weighted by molar-refractivity contribution is 5.83. The van der Waals surface area contributed by atoms with E-state index in [1.165, 1.54) is 43.7 Å². The Morgan fingerprint density at radius 3 is 2.83 bits per heavy atom. The van der Waals surface area contributed by atoms with Gasteiger partial charge in [0, 0.05) is 24.6 Å². The molecule has 8 nitrogen and oxygen atoms in total. The minimum absolute atomic E-state index is 0.194. The normalized spacial score (nSPS) is 15.7. The number of nitro benzene ring substituents is 1. The highest BCUT2D eigenvalue weighted by atomic mass is 16.6. The fourth-order valence-corrected chi connectivity index (χ4v) is 2.44. The van der Waals surface area contributed by atoms with Crippen molar-refractivity contribution in [2.45, 2.75) is 25.7 Å². The van der Waals surface area contributed by atoms with Crippen molar-refractivity contribution in [3.8, 4) is 5.75 Å². The third-order valence-electron chi connectivity index (χ3n) is 3.70. The molecule has 124 valence electrons. The summed E-state index contributed by atoms with van der Waals surface area (Å²) < 4.78 is 0. The number of benzene rings is 1. The number of rotatable bonds is 6. The average molecular weight is 320 g/mol. The first kappa shape index (κ1) is 16.9. The van der Waals surface area contributed by atoms with E-state index in [-0.39, 0.29) is 5.91 Å². The molecule has 0 unspecified atom stereocenters. The van der Waals surface area contributed by atoms with Gasteiger partial charge in [0.05, 0.1) is 11.1 Å². The molecule has 0 aliphatic carbocycles. The van der Waals surface area contributed by atoms with E-state index in [1.54, 1.807) is 0 Å². The maximum Gasteiger partial charge on any atom is 0.311 e. The predicted molar refractivity (Wildman–Crippen MR) is 85.4 cm³/mol. The van der Waals surface area contributed by atoms with Crippen LogP contribution in [0.1, 0.15) is 31.2 Å². The van der Waals surface area contributed by atoms with Crippen molar-refractivity contribution in [1.29, 1.82) is 0 Å². The van der Waals surface area contributed by atoms with Gasteiger partial charge in [-0.25, -0.2) is 5.43 Å². The van der Waals surface area contributed by atoms with E-state index in [0.717, 1.165) is 13.1 Å². The second-order valence-electron chi connectivity index (χ2n) is 5.45. The van der Waals surface area contributed by atoms with Crippen molar-refractivity contribution in [2.24, 2.45) is 5.10 Å². The summed E-state index contributed by atoms with van der Waals surface area (Å²) in [5, 5.41) is 23.9. The van der Waals surface area contributed by atoms with Gasteiger partial charge in [-0.2, -0.15) is 5.10 Å². The molecule has 1 aliphatic heterocycles. The van der Waals surface area contributed by atoms with Crippen molar-refractivity contribution in [3.63, 3.8) is 0 Å². The number of nitro groups is 1. The van der Waals surface area contributed by atoms with Crippen molar-refractivity contribution in [2.75, 3.05) is 19.6 Å². The number of hydrogen-bond acceptors (Lipinski definition) is 6. The smallest absolute Gasteiger partial charge is 0.311 e. The molecule has 0 saturated carbocycles. The van der Waals surface area contributed by atoms with Gasteiger partial charge in [0.25, 0.3) is 0 Å². The molecule has 1 aromatic rings. The van der Waals surface area contributed by atoms with Crippen LogP contribution in [0.5, 0.6) is 5.75 Å². The summed E-state index contributed by atoms with van der Waals surface area (Å²) in [4.78, 5) is 24.0. The minimum Gasteiger partial charge on any atom is -0.502 e. The predicted octanol–water partition coefficient (Wildman–Crippen LogP) is 1.63. The first-order valence-corrected chi connectivity index (χ1v) is 7.58. The molecule has 0 atom stereocenters. The van der Waals surface area contributed by atoms with Crippen molar-refractivity contribution < 1.29 is 14.8 Å². The Kier molecular flexibility index (Phi) is 6.04. The SMILES string of the molecule is O=C(CCN1CCCCC1)N/N=C/c1ccc(O)c([N+](=O)[O-])c1. The summed E-state index contributed by atoms with van der Waals surface area (Å²) in [5.41, 5.74) is 2.43. The topological polar surface area (TPSA) is 108 Å². The Bertz CT molecular complexity index is 597. The lowest BCUT2D eigenvalue weighted by Gasteiger charge is -2.25. The maximum absolute atomic E-state index is 11.7. The number of nitrogens with zero attached hydrogens (tertiary/aromatic N) is 3. The second kappa shape index (κ2) is 8.23. The first-order valence-electron chi connectivity index (χ1n) is 7.58. The molecular formula is C15H20N4O4. The van der Waals surface area contributed by atoms with E-state index in [9.17, 15) is 20.0 Å². The first-order chi connectivity index (χ1) is 11.1. The van der Waals surface area contributed by atoms with E-state index in [2.05, 4.69) is 15.4 Å². The number of hydrazone groups is 1. The molecule has 0 bridgehead atoms. The van der Waals surface area contributed by atoms with Crippen molar-refractivity contribution >= 4 is 17.8 Å². The molecule has 0 radical (unpaired) electrons. The van der Waals surface area contributed by atoms with Gasteiger partial charge >= 0.3 is 5.69 Å². The molecule has 23 heavy (non-hydrogen) atoms. The lowest BCUT2D eigenvalue weighted by atomic mass is 10.1. The Morgan fingerprint density at radius 1 is 1.39 bits per heavy atom. The zero-order valence-electron chi connectivity index (χ0n) is 12.8. The van der Waals surface area contributed by atoms with Gasteiger partial charge in [-0.05, 0) is 38.1 Å². The third kappa shape index (κ3) is 5.33. The molecule has 0 aromatic heterocycles. The molecule has 1 heterocycles. The maximum atomic E-state index is 11.7. The molecule has 2 rings (SSSR count). The van der Waals surface area contributed by atoms with Crippen LogP contribution in [-0.2, 0) is 4.79 Å². The number of phenols is 1. The molecule has 8 heteroatoms. The molecule has 1 amide bonds. The quantitative estimate of drug-likeness (QED) is 0.470. The number of carbonyl (C=O) groups is 1. The molecule has 1 fully saturated rings. The summed E-state index contributed by atoms with van der Waals surface area (Å²) >= 11 is 0. The second-order valence-corrected chi connectivity index (χ2v) is 5.45. The molecule has 1 aromatic carbocycles. The third-order valence-corrected chi connectivity index (χ3v) is 3.70. The zero-order chi connectivity index (χ0) is 16.7. The van der Waals surface area contributed by atoms with Crippen LogP contribution in [0.3, 0.4) is 0 Å². The van der Waals surface area contributed by atoms with Gasteiger partial charge in [0.2, 0.25) is 5.91 Å². The molecule has 1 aliphatic rings. The van der Waals surface area contributed by atoms with E-state index in [1.807, 2.05) is 0 Å². The monoisotopic (exact) mass is 320 g/mol. The number of piperidine rings is 1. The fourth-order valence-electron chi connectivity index (χ4n) is 2.44. The number of nitrogens with one attached hydrogen (secondary N) is 1. The lowest BCUT2D eigenvalue weighted by molar-refractivity contribution is -0.385. The fraction of sp³-hybridized carbons (Fsp3) is 0.467. The highest BCUT2D eigenvalue weighted by Gasteiger charge is 2.13. The van der Waals surface area contributed by atoms with Crippen LogP contribution in [0.2, 0.25) is 0 Å². The average Bonchev–Trinajstić information content (AvgIpc) is 2.55. The van der Waals surface area contributed by atoms with Crippen LogP contribution in [-0.4, -0.2) is 46.7 Å². The van der Waals surface area contributed by atoms with Crippen LogP contribution < -0.4 is 5.43 Å². The summed E-state index contributed by atoms with van der Waals surface area (Å²) in [6.45, 7) is 2.79. The number of hydrogen-bond donors (Lipinski definition) is 2. The number of aromatic hydroxyl groups is 1. The summed E-state index contributed by atoms with van der Waals surface area (Å²) in [6.07, 6.45) is 5.29. The standard InChI is InChI=1S/C15H20N4O4/c20-14-5-4-12(10-13(14)19(22)23)11-16-17-15(21)6-9-18-7-2-1-3-8-18/h4-5,10-11,20H,1-3,6-9H2,(H,17,21)/b16-11+. The molecule has 1 saturated heterocycles. The zero-order valence-corrected chi connectivity index (χ0v) is 12.8. The number of phenolic OH excluding ortho intramolecular Hbond substituents is 1. The van der Waals surface area contributed by atoms with E-state index in [0.29, 0.717) is 18.5 Å². The Morgan fingerprint density at radius 2 is 2.13 bits per heavy atom. The summed E-state index contributed by atoms with van der Waals surface area (Å²) in [5.74, 6) is -0.599. The van der Waals surface area contributed by atoms with Crippen LogP contribution in [0, 0.1) is 10.1 Å². The lowest BCUT2D eigenvalue weighted by Crippen LogP contribution is -2.33. The number of likely N-dealkylation sites (tertiary alicyclic amines) is 1. The van der Waals surface area contributed by atoms with E-state index < -0.39 is 16.4 Å². The van der Waals surface area contributed by atoms with Gasteiger partial charge in [-0.3, -0.25) is 14.9 Å². The Balaban J connectivity index is 1.80. The number of carbonyl (C=O) groups excluding carboxylic acids is 1. The van der Waals surface area contributed by atoms with Gasteiger partial charge in [-0.1, -0.05) is 6.42 Å². The van der Waals surface area contributed by atoms with Gasteiger partial charge in [-0.15, -0.1) is 0 Å². The number of amides is 1. The minimum atomic E-state index is -0.677. The summed E-state index contributed by atoms with van der Waals surface area (Å²) in [6, 6.07) is 3.89. The largest absolute Gasteiger partial charge is 0.502 e. The van der Waals surface area contributed by atoms with E-state index >= 15 is 0 Å². The highest BCUT2D eigenvalue weighted by Crippen LogP contribution is 2.25. The van der Waals surface area contributed by atoms with Crippen LogP contribution in [0.4, 0.5) is 5.69 Å². The van der Waals surface area contributed by atoms with Gasteiger partial charge in [0.15, 0.2) is 5.75 Å². The Hall–Kier alpha value is -2.48.